The molecule has 3 aromatic carbocycles. The standard InChI is InChI=1S/C35H44/c1-3-5-6-7-8-9-11-30-18-24-35-27-31(19-25-34(35)26-30)13-12-29-16-22-33(23-17-29)32-20-14-28(10-4-2)15-21-32/h16-19,22-28,32H,3-11,14-15,20-21H2,1-2H3/t28-,32-. The van der Waals surface area contributed by atoms with Gasteiger partial charge in [-0.25, -0.2) is 0 Å². The van der Waals surface area contributed by atoms with Gasteiger partial charge < -0.3 is 0 Å². The molecule has 0 heteroatoms. The Kier molecular flexibility index (Phi) is 9.89. The molecule has 184 valence electrons. The van der Waals surface area contributed by atoms with Crippen LogP contribution in [0.5, 0.6) is 0 Å². The topological polar surface area (TPSA) is 0 Å². The minimum absolute atomic E-state index is 0.747. The van der Waals surface area contributed by atoms with E-state index < -0.39 is 0 Å². The van der Waals surface area contributed by atoms with Gasteiger partial charge >= 0.3 is 0 Å². The van der Waals surface area contributed by atoms with Gasteiger partial charge in [0.05, 0.1) is 0 Å². The van der Waals surface area contributed by atoms with Crippen molar-refractivity contribution < 1.29 is 0 Å². The van der Waals surface area contributed by atoms with E-state index in [1.807, 2.05) is 0 Å². The number of fused-ring (bicyclic) bond motifs is 1. The lowest BCUT2D eigenvalue weighted by Crippen LogP contribution is -2.13. The first-order chi connectivity index (χ1) is 17.2. The van der Waals surface area contributed by atoms with E-state index in [0.29, 0.717) is 0 Å². The third-order valence-corrected chi connectivity index (χ3v) is 8.00. The van der Waals surface area contributed by atoms with Gasteiger partial charge in [-0.05, 0) is 96.5 Å². The quantitative estimate of drug-likeness (QED) is 0.207. The summed E-state index contributed by atoms with van der Waals surface area (Å²) in [4.78, 5) is 0. The third kappa shape index (κ3) is 7.73. The highest BCUT2D eigenvalue weighted by molar-refractivity contribution is 5.84. The number of hydrogen-bond donors (Lipinski definition) is 0. The molecule has 0 saturated heterocycles. The molecule has 0 spiro atoms. The fourth-order valence-corrected chi connectivity index (χ4v) is 5.81. The minimum atomic E-state index is 0.747. The molecule has 0 bridgehead atoms. The average Bonchev–Trinajstić information content (AvgIpc) is 2.90. The molecule has 35 heavy (non-hydrogen) atoms. The monoisotopic (exact) mass is 464 g/mol. The second-order valence-electron chi connectivity index (χ2n) is 10.8. The Hall–Kier alpha value is -2.52. The second-order valence-corrected chi connectivity index (χ2v) is 10.8. The Labute approximate surface area is 214 Å². The maximum Gasteiger partial charge on any atom is 0.0255 e. The lowest BCUT2D eigenvalue weighted by Gasteiger charge is -2.28. The van der Waals surface area contributed by atoms with Crippen LogP contribution in [0.15, 0.2) is 60.7 Å². The van der Waals surface area contributed by atoms with E-state index >= 15 is 0 Å². The first-order valence-corrected chi connectivity index (χ1v) is 14.4. The van der Waals surface area contributed by atoms with Gasteiger partial charge in [0.25, 0.3) is 0 Å². The van der Waals surface area contributed by atoms with E-state index in [1.165, 1.54) is 105 Å². The fourth-order valence-electron chi connectivity index (χ4n) is 5.81. The van der Waals surface area contributed by atoms with Crippen LogP contribution in [-0.4, -0.2) is 0 Å². The van der Waals surface area contributed by atoms with Crippen molar-refractivity contribution in [2.45, 2.75) is 103 Å². The zero-order valence-electron chi connectivity index (χ0n) is 22.1. The molecule has 0 heterocycles. The van der Waals surface area contributed by atoms with Gasteiger partial charge in [0.15, 0.2) is 0 Å². The molecule has 1 aliphatic carbocycles. The number of hydrogen-bond acceptors (Lipinski definition) is 0. The summed E-state index contributed by atoms with van der Waals surface area (Å²) in [7, 11) is 0. The largest absolute Gasteiger partial charge is 0.0654 e. The van der Waals surface area contributed by atoms with Gasteiger partial charge in [0.2, 0.25) is 0 Å². The SMILES string of the molecule is CCCCCCCCc1ccc2cc(C#Cc3ccc([C@H]4CC[C@H](CCC)CC4)cc3)ccc2c1. The van der Waals surface area contributed by atoms with Gasteiger partial charge in [-0.3, -0.25) is 0 Å². The molecule has 1 fully saturated rings. The summed E-state index contributed by atoms with van der Waals surface area (Å²) in [5.74, 6) is 8.50. The van der Waals surface area contributed by atoms with E-state index in [4.69, 9.17) is 0 Å². The van der Waals surface area contributed by atoms with Crippen LogP contribution in [0, 0.1) is 17.8 Å². The first kappa shape index (κ1) is 25.6. The Morgan fingerprint density at radius 3 is 2.06 bits per heavy atom. The van der Waals surface area contributed by atoms with Crippen molar-refractivity contribution in [3.05, 3.63) is 82.9 Å². The summed E-state index contributed by atoms with van der Waals surface area (Å²) >= 11 is 0. The third-order valence-electron chi connectivity index (χ3n) is 8.00. The van der Waals surface area contributed by atoms with Gasteiger partial charge in [-0.1, -0.05) is 107 Å². The van der Waals surface area contributed by atoms with Crippen molar-refractivity contribution in [1.29, 1.82) is 0 Å². The van der Waals surface area contributed by atoms with Crippen LogP contribution >= 0.6 is 0 Å². The number of rotatable bonds is 10. The zero-order valence-corrected chi connectivity index (χ0v) is 22.1. The van der Waals surface area contributed by atoms with Crippen molar-refractivity contribution in [2.24, 2.45) is 5.92 Å². The molecular weight excluding hydrogens is 420 g/mol. The second kappa shape index (κ2) is 13.5. The van der Waals surface area contributed by atoms with Crippen LogP contribution in [-0.2, 0) is 6.42 Å². The van der Waals surface area contributed by atoms with Crippen molar-refractivity contribution in [3.8, 4) is 11.8 Å². The van der Waals surface area contributed by atoms with Gasteiger partial charge in [0, 0.05) is 11.1 Å². The highest BCUT2D eigenvalue weighted by atomic mass is 14.3. The maximum absolute atomic E-state index is 3.40. The normalized spacial score (nSPS) is 17.8. The van der Waals surface area contributed by atoms with Crippen molar-refractivity contribution >= 4 is 10.8 Å². The molecule has 0 aromatic heterocycles. The molecule has 3 aromatic rings. The summed E-state index contributed by atoms with van der Waals surface area (Å²) in [6.45, 7) is 4.60. The van der Waals surface area contributed by atoms with Crippen LogP contribution < -0.4 is 0 Å². The number of aryl methyl sites for hydroxylation is 1. The Bertz CT molecular complexity index is 1100. The van der Waals surface area contributed by atoms with Crippen molar-refractivity contribution in [2.75, 3.05) is 0 Å². The summed E-state index contributed by atoms with van der Waals surface area (Å²) in [6, 6.07) is 22.7. The Morgan fingerprint density at radius 2 is 1.29 bits per heavy atom. The number of benzene rings is 3. The zero-order chi connectivity index (χ0) is 24.3. The lowest BCUT2D eigenvalue weighted by atomic mass is 9.77. The van der Waals surface area contributed by atoms with Crippen LogP contribution in [0.25, 0.3) is 10.8 Å². The molecule has 0 atom stereocenters. The summed E-state index contributed by atoms with van der Waals surface area (Å²) in [6.07, 6.45) is 17.6. The summed E-state index contributed by atoms with van der Waals surface area (Å²) < 4.78 is 0. The maximum atomic E-state index is 3.40. The fraction of sp³-hybridized carbons (Fsp3) is 0.486. The minimum Gasteiger partial charge on any atom is -0.0654 e. The summed E-state index contributed by atoms with van der Waals surface area (Å²) in [5, 5.41) is 2.62. The van der Waals surface area contributed by atoms with Gasteiger partial charge in [0.1, 0.15) is 0 Å². The molecule has 1 aliphatic rings. The Morgan fingerprint density at radius 1 is 0.629 bits per heavy atom. The van der Waals surface area contributed by atoms with Crippen LogP contribution in [0.3, 0.4) is 0 Å². The van der Waals surface area contributed by atoms with Crippen LogP contribution in [0.2, 0.25) is 0 Å². The Balaban J connectivity index is 1.32. The highest BCUT2D eigenvalue weighted by Crippen LogP contribution is 2.37. The van der Waals surface area contributed by atoms with Crippen molar-refractivity contribution in [1.82, 2.24) is 0 Å². The molecule has 4 rings (SSSR count). The van der Waals surface area contributed by atoms with E-state index in [2.05, 4.69) is 86.4 Å². The van der Waals surface area contributed by atoms with E-state index in [1.54, 1.807) is 0 Å². The van der Waals surface area contributed by atoms with Gasteiger partial charge in [-0.2, -0.15) is 0 Å². The van der Waals surface area contributed by atoms with Crippen LogP contribution in [0.1, 0.15) is 119 Å². The molecule has 0 unspecified atom stereocenters. The molecule has 1 saturated carbocycles. The van der Waals surface area contributed by atoms with E-state index in [0.717, 1.165) is 23.0 Å². The molecule has 0 amide bonds. The number of unbranched alkanes of at least 4 members (excludes halogenated alkanes) is 5. The smallest absolute Gasteiger partial charge is 0.0255 e. The summed E-state index contributed by atoms with van der Waals surface area (Å²) in [5.41, 5.74) is 5.18. The predicted molar refractivity (Wildman–Crippen MR) is 153 cm³/mol. The van der Waals surface area contributed by atoms with E-state index in [9.17, 15) is 0 Å². The first-order valence-electron chi connectivity index (χ1n) is 14.4. The highest BCUT2D eigenvalue weighted by Gasteiger charge is 2.21. The van der Waals surface area contributed by atoms with Crippen LogP contribution in [0.4, 0.5) is 0 Å². The lowest BCUT2D eigenvalue weighted by molar-refractivity contribution is 0.308. The molecular formula is C35H44. The van der Waals surface area contributed by atoms with Crippen molar-refractivity contribution in [3.63, 3.8) is 0 Å². The van der Waals surface area contributed by atoms with Gasteiger partial charge in [-0.15, -0.1) is 0 Å². The predicted octanol–water partition coefficient (Wildman–Crippen LogP) is 10.2. The average molecular weight is 465 g/mol. The molecule has 0 nitrogen and oxygen atoms in total. The van der Waals surface area contributed by atoms with E-state index in [-0.39, 0.29) is 0 Å². The molecule has 0 radical (unpaired) electrons. The molecule has 0 N–H and O–H groups in total. The molecule has 0 aliphatic heterocycles.